The van der Waals surface area contributed by atoms with Gasteiger partial charge in [-0.3, -0.25) is 0 Å². The maximum Gasteiger partial charge on any atom is 0.0314 e. The van der Waals surface area contributed by atoms with Gasteiger partial charge in [0.25, 0.3) is 0 Å². The number of benzene rings is 1. The van der Waals surface area contributed by atoms with Gasteiger partial charge in [0.15, 0.2) is 0 Å². The van der Waals surface area contributed by atoms with Gasteiger partial charge in [-0.15, -0.1) is 0 Å². The van der Waals surface area contributed by atoms with Crippen LogP contribution in [0, 0.1) is 0 Å². The van der Waals surface area contributed by atoms with Crippen molar-refractivity contribution in [3.63, 3.8) is 0 Å². The Kier molecular flexibility index (Phi) is 3.72. The van der Waals surface area contributed by atoms with Crippen LogP contribution in [-0.2, 0) is 12.0 Å². The normalized spacial score (nSPS) is 11.7. The Labute approximate surface area is 108 Å². The Morgan fingerprint density at radius 3 is 2.50 bits per heavy atom. The lowest BCUT2D eigenvalue weighted by molar-refractivity contribution is 0.459. The third kappa shape index (κ3) is 3.14. The minimum atomic E-state index is 0.108. The number of aromatic nitrogens is 1. The molecule has 0 aliphatic carbocycles. The predicted molar refractivity (Wildman–Crippen MR) is 76.4 cm³/mol. The second-order valence-electron chi connectivity index (χ2n) is 5.31. The summed E-state index contributed by atoms with van der Waals surface area (Å²) in [6, 6.07) is 12.2. The van der Waals surface area contributed by atoms with Gasteiger partial charge in [-0.1, -0.05) is 26.0 Å². The molecule has 3 nitrogen and oxygen atoms in total. The van der Waals surface area contributed by atoms with Gasteiger partial charge < -0.3 is 16.0 Å². The Morgan fingerprint density at radius 2 is 1.89 bits per heavy atom. The maximum absolute atomic E-state index is 5.66. The zero-order valence-corrected chi connectivity index (χ0v) is 11.0. The molecule has 0 aliphatic heterocycles. The average Bonchev–Trinajstić information content (AvgIpc) is 2.86. The van der Waals surface area contributed by atoms with Crippen LogP contribution in [-0.4, -0.2) is 11.5 Å². The first-order valence-electron chi connectivity index (χ1n) is 6.27. The van der Waals surface area contributed by atoms with Gasteiger partial charge in [0, 0.05) is 36.1 Å². The first-order valence-corrected chi connectivity index (χ1v) is 6.27. The van der Waals surface area contributed by atoms with Crippen molar-refractivity contribution < 1.29 is 0 Å². The summed E-state index contributed by atoms with van der Waals surface area (Å²) in [5, 5.41) is 3.49. The smallest absolute Gasteiger partial charge is 0.0314 e. The number of anilines is 1. The van der Waals surface area contributed by atoms with Crippen LogP contribution in [0.1, 0.15) is 25.1 Å². The molecule has 2 aromatic rings. The molecule has 0 saturated heterocycles. The Bertz CT molecular complexity index is 469. The summed E-state index contributed by atoms with van der Waals surface area (Å²) in [5.41, 5.74) is 9.10. The molecule has 3 heteroatoms. The first kappa shape index (κ1) is 12.7. The van der Waals surface area contributed by atoms with E-state index in [9.17, 15) is 0 Å². The average molecular weight is 243 g/mol. The fraction of sp³-hybridized carbons (Fsp3) is 0.333. The van der Waals surface area contributed by atoms with Crippen LogP contribution >= 0.6 is 0 Å². The standard InChI is InChI=1S/C15H21N3/c1-15(2,14-4-3-9-18-14)11-17-10-12-5-7-13(16)8-6-12/h3-9,17-18H,10-11,16H2,1-2H3. The number of nitrogens with one attached hydrogen (secondary N) is 2. The van der Waals surface area contributed by atoms with Gasteiger partial charge in [0.1, 0.15) is 0 Å². The van der Waals surface area contributed by atoms with Crippen LogP contribution in [0.3, 0.4) is 0 Å². The Morgan fingerprint density at radius 1 is 1.17 bits per heavy atom. The van der Waals surface area contributed by atoms with E-state index >= 15 is 0 Å². The van der Waals surface area contributed by atoms with E-state index in [0.717, 1.165) is 18.8 Å². The topological polar surface area (TPSA) is 53.8 Å². The van der Waals surface area contributed by atoms with Gasteiger partial charge in [-0.2, -0.15) is 0 Å². The van der Waals surface area contributed by atoms with Crippen molar-refractivity contribution in [1.29, 1.82) is 0 Å². The molecule has 0 saturated carbocycles. The second-order valence-corrected chi connectivity index (χ2v) is 5.31. The van der Waals surface area contributed by atoms with Crippen molar-refractivity contribution in [3.05, 3.63) is 53.9 Å². The number of nitrogen functional groups attached to an aromatic ring is 1. The zero-order chi connectivity index (χ0) is 13.0. The van der Waals surface area contributed by atoms with Crippen LogP contribution in [0.5, 0.6) is 0 Å². The van der Waals surface area contributed by atoms with E-state index in [1.54, 1.807) is 0 Å². The molecule has 1 aromatic carbocycles. The Hall–Kier alpha value is -1.74. The summed E-state index contributed by atoms with van der Waals surface area (Å²) >= 11 is 0. The van der Waals surface area contributed by atoms with E-state index in [1.165, 1.54) is 11.3 Å². The van der Waals surface area contributed by atoms with Crippen LogP contribution in [0.4, 0.5) is 5.69 Å². The third-order valence-electron chi connectivity index (χ3n) is 3.20. The molecule has 0 radical (unpaired) electrons. The number of H-pyrrole nitrogens is 1. The SMILES string of the molecule is CC(C)(CNCc1ccc(N)cc1)c1ccc[nH]1. The van der Waals surface area contributed by atoms with Gasteiger partial charge >= 0.3 is 0 Å². The molecular weight excluding hydrogens is 222 g/mol. The number of aromatic amines is 1. The quantitative estimate of drug-likeness (QED) is 0.707. The molecule has 0 fully saturated rings. The van der Waals surface area contributed by atoms with Crippen molar-refractivity contribution in [2.45, 2.75) is 25.8 Å². The van der Waals surface area contributed by atoms with Gasteiger partial charge in [-0.05, 0) is 29.8 Å². The van der Waals surface area contributed by atoms with E-state index in [-0.39, 0.29) is 5.41 Å². The third-order valence-corrected chi connectivity index (χ3v) is 3.20. The van der Waals surface area contributed by atoms with E-state index < -0.39 is 0 Å². The highest BCUT2D eigenvalue weighted by Crippen LogP contribution is 2.20. The molecule has 96 valence electrons. The van der Waals surface area contributed by atoms with Crippen LogP contribution in [0.15, 0.2) is 42.6 Å². The summed E-state index contributed by atoms with van der Waals surface area (Å²) < 4.78 is 0. The number of hydrogen-bond donors (Lipinski definition) is 3. The van der Waals surface area contributed by atoms with Crippen LogP contribution in [0.2, 0.25) is 0 Å². The molecule has 0 spiro atoms. The number of rotatable bonds is 5. The highest BCUT2D eigenvalue weighted by Gasteiger charge is 2.20. The van der Waals surface area contributed by atoms with Crippen molar-refractivity contribution in [1.82, 2.24) is 10.3 Å². The molecule has 1 heterocycles. The molecule has 1 aromatic heterocycles. The van der Waals surface area contributed by atoms with Crippen molar-refractivity contribution in [3.8, 4) is 0 Å². The second kappa shape index (κ2) is 5.27. The molecule has 18 heavy (non-hydrogen) atoms. The number of hydrogen-bond acceptors (Lipinski definition) is 2. The lowest BCUT2D eigenvalue weighted by atomic mass is 9.89. The van der Waals surface area contributed by atoms with Gasteiger partial charge in [0.05, 0.1) is 0 Å². The van der Waals surface area contributed by atoms with Crippen molar-refractivity contribution >= 4 is 5.69 Å². The highest BCUT2D eigenvalue weighted by atomic mass is 14.9. The molecular formula is C15H21N3. The van der Waals surface area contributed by atoms with Gasteiger partial charge in [0.2, 0.25) is 0 Å². The number of nitrogens with two attached hydrogens (primary N) is 1. The zero-order valence-electron chi connectivity index (χ0n) is 11.0. The molecule has 0 amide bonds. The molecule has 4 N–H and O–H groups in total. The van der Waals surface area contributed by atoms with Gasteiger partial charge in [-0.25, -0.2) is 0 Å². The fourth-order valence-corrected chi connectivity index (χ4v) is 2.00. The molecule has 2 rings (SSSR count). The first-order chi connectivity index (χ1) is 8.58. The highest BCUT2D eigenvalue weighted by molar-refractivity contribution is 5.39. The van der Waals surface area contributed by atoms with Crippen LogP contribution in [0.25, 0.3) is 0 Å². The molecule has 0 unspecified atom stereocenters. The van der Waals surface area contributed by atoms with E-state index in [2.05, 4.69) is 42.3 Å². The lowest BCUT2D eigenvalue weighted by Crippen LogP contribution is -2.32. The van der Waals surface area contributed by atoms with E-state index in [0.29, 0.717) is 0 Å². The lowest BCUT2D eigenvalue weighted by Gasteiger charge is -2.24. The summed E-state index contributed by atoms with van der Waals surface area (Å²) in [6.45, 7) is 6.26. The van der Waals surface area contributed by atoms with E-state index in [4.69, 9.17) is 5.73 Å². The van der Waals surface area contributed by atoms with Crippen molar-refractivity contribution in [2.24, 2.45) is 0 Å². The van der Waals surface area contributed by atoms with Crippen molar-refractivity contribution in [2.75, 3.05) is 12.3 Å². The minimum absolute atomic E-state index is 0.108. The summed E-state index contributed by atoms with van der Waals surface area (Å²) in [7, 11) is 0. The molecule has 0 bridgehead atoms. The van der Waals surface area contributed by atoms with E-state index in [1.807, 2.05) is 24.4 Å². The molecule has 0 atom stereocenters. The minimum Gasteiger partial charge on any atom is -0.399 e. The predicted octanol–water partition coefficient (Wildman–Crippen LogP) is 2.66. The molecule has 0 aliphatic rings. The largest absolute Gasteiger partial charge is 0.399 e. The maximum atomic E-state index is 5.66. The van der Waals surface area contributed by atoms with Crippen LogP contribution < -0.4 is 11.1 Å². The fourth-order valence-electron chi connectivity index (χ4n) is 2.00. The monoisotopic (exact) mass is 243 g/mol. The Balaban J connectivity index is 1.87. The summed E-state index contributed by atoms with van der Waals surface area (Å²) in [5.74, 6) is 0. The summed E-state index contributed by atoms with van der Waals surface area (Å²) in [4.78, 5) is 3.28. The summed E-state index contributed by atoms with van der Waals surface area (Å²) in [6.07, 6.45) is 1.97.